The maximum absolute atomic E-state index is 10.9. The first-order chi connectivity index (χ1) is 10.2. The topological polar surface area (TPSA) is 84.6 Å². The van der Waals surface area contributed by atoms with Crippen molar-refractivity contribution < 1.29 is 14.8 Å². The average molecular weight is 314 g/mol. The molecule has 0 aliphatic rings. The molecule has 1 rings (SSSR count). The zero-order valence-electron chi connectivity index (χ0n) is 12.2. The van der Waals surface area contributed by atoms with Crippen molar-refractivity contribution in [3.63, 3.8) is 0 Å². The van der Waals surface area contributed by atoms with E-state index in [4.69, 9.17) is 9.84 Å². The van der Waals surface area contributed by atoms with Gasteiger partial charge in [0.25, 0.3) is 0 Å². The van der Waals surface area contributed by atoms with Crippen LogP contribution in [0.15, 0.2) is 18.2 Å². The number of anilines is 1. The Morgan fingerprint density at radius 2 is 2.24 bits per heavy atom. The fraction of sp³-hybridized carbons (Fsp3) is 0.571. The number of nitro groups is 1. The van der Waals surface area contributed by atoms with Crippen LogP contribution in [0, 0.1) is 10.1 Å². The molecule has 0 aliphatic carbocycles. The van der Waals surface area contributed by atoms with Crippen LogP contribution in [0.25, 0.3) is 0 Å². The zero-order chi connectivity index (χ0) is 15.5. The van der Waals surface area contributed by atoms with Gasteiger partial charge in [0.15, 0.2) is 5.75 Å². The van der Waals surface area contributed by atoms with Gasteiger partial charge >= 0.3 is 5.69 Å². The summed E-state index contributed by atoms with van der Waals surface area (Å²) in [7, 11) is 0. The van der Waals surface area contributed by atoms with Crippen LogP contribution >= 0.6 is 11.8 Å². The Labute approximate surface area is 129 Å². The van der Waals surface area contributed by atoms with Crippen LogP contribution in [0.3, 0.4) is 0 Å². The lowest BCUT2D eigenvalue weighted by Gasteiger charge is -2.10. The van der Waals surface area contributed by atoms with Crippen molar-refractivity contribution in [3.8, 4) is 5.75 Å². The second kappa shape index (κ2) is 10.3. The number of thioether (sulfide) groups is 1. The maximum Gasteiger partial charge on any atom is 0.311 e. The lowest BCUT2D eigenvalue weighted by atomic mass is 10.2. The van der Waals surface area contributed by atoms with Gasteiger partial charge in [-0.15, -0.1) is 0 Å². The monoisotopic (exact) mass is 314 g/mol. The molecule has 0 amide bonds. The summed E-state index contributed by atoms with van der Waals surface area (Å²) in [5, 5.41) is 22.8. The van der Waals surface area contributed by atoms with Crippen molar-refractivity contribution >= 4 is 23.1 Å². The Bertz CT molecular complexity index is 443. The van der Waals surface area contributed by atoms with E-state index in [9.17, 15) is 10.1 Å². The summed E-state index contributed by atoms with van der Waals surface area (Å²) in [6, 6.07) is 4.83. The molecule has 21 heavy (non-hydrogen) atoms. The first kappa shape index (κ1) is 17.6. The van der Waals surface area contributed by atoms with Gasteiger partial charge < -0.3 is 15.2 Å². The molecule has 0 radical (unpaired) electrons. The number of aliphatic hydroxyl groups excluding tert-OH is 1. The molecule has 0 spiro atoms. The van der Waals surface area contributed by atoms with Crippen molar-refractivity contribution in [1.29, 1.82) is 0 Å². The van der Waals surface area contributed by atoms with E-state index < -0.39 is 4.92 Å². The number of benzene rings is 1. The third-order valence-corrected chi connectivity index (χ3v) is 3.71. The number of aliphatic hydroxyl groups is 1. The van der Waals surface area contributed by atoms with Crippen LogP contribution in [0.1, 0.15) is 19.8 Å². The van der Waals surface area contributed by atoms with Gasteiger partial charge in [0.2, 0.25) is 0 Å². The molecule has 118 valence electrons. The second-order valence-electron chi connectivity index (χ2n) is 4.40. The summed E-state index contributed by atoms with van der Waals surface area (Å²) in [4.78, 5) is 10.5. The smallest absolute Gasteiger partial charge is 0.311 e. The van der Waals surface area contributed by atoms with Crippen molar-refractivity contribution in [3.05, 3.63) is 28.3 Å². The number of nitro benzene ring substituents is 1. The number of ether oxygens (including phenoxy) is 1. The van der Waals surface area contributed by atoms with E-state index in [1.807, 2.05) is 6.92 Å². The van der Waals surface area contributed by atoms with E-state index in [0.717, 1.165) is 36.6 Å². The summed E-state index contributed by atoms with van der Waals surface area (Å²) in [5.41, 5.74) is 0.806. The third kappa shape index (κ3) is 6.68. The summed E-state index contributed by atoms with van der Waals surface area (Å²) < 4.78 is 5.43. The molecule has 0 atom stereocenters. The van der Waals surface area contributed by atoms with Gasteiger partial charge in [-0.05, 0) is 24.7 Å². The Hall–Kier alpha value is -1.47. The molecule has 1 aromatic rings. The molecule has 2 N–H and O–H groups in total. The van der Waals surface area contributed by atoms with Crippen LogP contribution in [0.5, 0.6) is 5.75 Å². The number of rotatable bonds is 11. The van der Waals surface area contributed by atoms with Gasteiger partial charge in [-0.25, -0.2) is 0 Å². The van der Waals surface area contributed by atoms with Crippen molar-refractivity contribution in [2.24, 2.45) is 0 Å². The number of hydrogen-bond donors (Lipinski definition) is 2. The van der Waals surface area contributed by atoms with E-state index in [0.29, 0.717) is 12.4 Å². The second-order valence-corrected chi connectivity index (χ2v) is 5.63. The lowest BCUT2D eigenvalue weighted by molar-refractivity contribution is -0.385. The predicted octanol–water partition coefficient (Wildman–Crippen LogP) is 2.91. The van der Waals surface area contributed by atoms with Gasteiger partial charge in [-0.1, -0.05) is 6.92 Å². The summed E-state index contributed by atoms with van der Waals surface area (Å²) >= 11 is 1.76. The SMILES string of the molecule is CCCOc1cc(NCCSCCCO)ccc1[N+](=O)[O-]. The zero-order valence-corrected chi connectivity index (χ0v) is 13.0. The van der Waals surface area contributed by atoms with Crippen molar-refractivity contribution in [2.45, 2.75) is 19.8 Å². The fourth-order valence-corrected chi connectivity index (χ4v) is 2.42. The van der Waals surface area contributed by atoms with Gasteiger partial charge in [0, 0.05) is 36.7 Å². The van der Waals surface area contributed by atoms with Crippen molar-refractivity contribution in [2.75, 3.05) is 36.6 Å². The lowest BCUT2D eigenvalue weighted by Crippen LogP contribution is -2.06. The molecule has 0 aromatic heterocycles. The molecular formula is C14H22N2O4S. The largest absolute Gasteiger partial charge is 0.487 e. The summed E-state index contributed by atoms with van der Waals surface area (Å²) in [5.74, 6) is 2.16. The standard InChI is InChI=1S/C14H22N2O4S/c1-2-8-20-14-11-12(4-5-13(14)16(18)19)15-6-10-21-9-3-7-17/h4-5,11,15,17H,2-3,6-10H2,1H3. The summed E-state index contributed by atoms with van der Waals surface area (Å²) in [6.07, 6.45) is 1.60. The maximum atomic E-state index is 10.9. The van der Waals surface area contributed by atoms with Crippen molar-refractivity contribution in [1.82, 2.24) is 0 Å². The minimum atomic E-state index is -0.431. The van der Waals surface area contributed by atoms with Gasteiger partial charge in [-0.3, -0.25) is 10.1 Å². The number of nitrogens with zero attached hydrogens (tertiary/aromatic N) is 1. The minimum Gasteiger partial charge on any atom is -0.487 e. The Morgan fingerprint density at radius 1 is 1.43 bits per heavy atom. The van der Waals surface area contributed by atoms with Crippen LogP contribution in [-0.4, -0.2) is 41.3 Å². The van der Waals surface area contributed by atoms with E-state index in [1.165, 1.54) is 6.07 Å². The molecule has 0 fully saturated rings. The van der Waals surface area contributed by atoms with Gasteiger partial charge in [0.1, 0.15) is 0 Å². The highest BCUT2D eigenvalue weighted by molar-refractivity contribution is 7.99. The first-order valence-corrected chi connectivity index (χ1v) is 8.18. The molecule has 0 heterocycles. The van der Waals surface area contributed by atoms with E-state index in [-0.39, 0.29) is 12.3 Å². The first-order valence-electron chi connectivity index (χ1n) is 7.02. The molecule has 0 bridgehead atoms. The minimum absolute atomic E-state index is 0.00804. The van der Waals surface area contributed by atoms with Crippen LogP contribution in [0.2, 0.25) is 0 Å². The molecule has 6 nitrogen and oxygen atoms in total. The van der Waals surface area contributed by atoms with Gasteiger partial charge in [-0.2, -0.15) is 11.8 Å². The highest BCUT2D eigenvalue weighted by atomic mass is 32.2. The molecular weight excluding hydrogens is 292 g/mol. The highest BCUT2D eigenvalue weighted by Crippen LogP contribution is 2.30. The highest BCUT2D eigenvalue weighted by Gasteiger charge is 2.15. The van der Waals surface area contributed by atoms with Crippen LogP contribution in [0.4, 0.5) is 11.4 Å². The quantitative estimate of drug-likeness (QED) is 0.371. The third-order valence-electron chi connectivity index (χ3n) is 2.64. The van der Waals surface area contributed by atoms with E-state index >= 15 is 0 Å². The molecule has 1 aromatic carbocycles. The Kier molecular flexibility index (Phi) is 8.61. The Balaban J connectivity index is 2.52. The molecule has 0 saturated heterocycles. The normalized spacial score (nSPS) is 10.4. The van der Waals surface area contributed by atoms with E-state index in [1.54, 1.807) is 23.9 Å². The molecule has 7 heteroatoms. The number of nitrogens with one attached hydrogen (secondary N) is 1. The molecule has 0 unspecified atom stereocenters. The number of hydrogen-bond acceptors (Lipinski definition) is 6. The Morgan fingerprint density at radius 3 is 2.90 bits per heavy atom. The molecule has 0 aliphatic heterocycles. The van der Waals surface area contributed by atoms with Crippen LogP contribution < -0.4 is 10.1 Å². The van der Waals surface area contributed by atoms with Gasteiger partial charge in [0.05, 0.1) is 11.5 Å². The summed E-state index contributed by atoms with van der Waals surface area (Å²) in [6.45, 7) is 3.40. The fourth-order valence-electron chi connectivity index (χ4n) is 1.64. The average Bonchev–Trinajstić information content (AvgIpc) is 2.48. The molecule has 0 saturated carbocycles. The van der Waals surface area contributed by atoms with E-state index in [2.05, 4.69) is 5.32 Å². The van der Waals surface area contributed by atoms with Crippen LogP contribution in [-0.2, 0) is 0 Å². The predicted molar refractivity (Wildman–Crippen MR) is 86.4 cm³/mol.